The average molecular weight is 336 g/mol. The minimum atomic E-state index is -0.312. The van der Waals surface area contributed by atoms with Crippen LogP contribution in [0.3, 0.4) is 0 Å². The summed E-state index contributed by atoms with van der Waals surface area (Å²) in [5, 5.41) is 3.81. The van der Waals surface area contributed by atoms with Gasteiger partial charge in [0.15, 0.2) is 6.61 Å². The number of hydrazone groups is 1. The number of hydrogen-bond donors (Lipinski definition) is 2. The lowest BCUT2D eigenvalue weighted by molar-refractivity contribution is -0.123. The highest BCUT2D eigenvalue weighted by molar-refractivity contribution is 9.10. The summed E-state index contributed by atoms with van der Waals surface area (Å²) >= 11 is 3.41. The summed E-state index contributed by atoms with van der Waals surface area (Å²) in [6, 6.07) is 9.23. The van der Waals surface area contributed by atoms with Gasteiger partial charge < -0.3 is 9.72 Å². The van der Waals surface area contributed by atoms with Crippen LogP contribution in [0.15, 0.2) is 46.1 Å². The van der Waals surface area contributed by atoms with Crippen molar-refractivity contribution >= 4 is 28.1 Å². The standard InChI is InChI=1S/C14H14BrN3O2/c1-10-7-12(4-5-13(10)15)20-9-14(19)18-17-8-11-3-2-6-16-11/h2-8,16H,9H2,1H3,(H,18,19). The van der Waals surface area contributed by atoms with Crippen molar-refractivity contribution in [2.24, 2.45) is 5.10 Å². The topological polar surface area (TPSA) is 66.5 Å². The van der Waals surface area contributed by atoms with Crippen molar-refractivity contribution in [2.75, 3.05) is 6.61 Å². The third-order valence-electron chi connectivity index (χ3n) is 2.51. The number of nitrogens with zero attached hydrogens (tertiary/aromatic N) is 1. The molecule has 104 valence electrons. The summed E-state index contributed by atoms with van der Waals surface area (Å²) in [6.45, 7) is 1.88. The molecule has 0 saturated carbocycles. The van der Waals surface area contributed by atoms with Crippen LogP contribution >= 0.6 is 15.9 Å². The predicted octanol–water partition coefficient (Wildman–Crippen LogP) is 2.61. The van der Waals surface area contributed by atoms with E-state index < -0.39 is 0 Å². The number of nitrogens with one attached hydrogen (secondary N) is 2. The number of aromatic nitrogens is 1. The second kappa shape index (κ2) is 6.91. The normalized spacial score (nSPS) is 10.7. The fraction of sp³-hybridized carbons (Fsp3) is 0.143. The van der Waals surface area contributed by atoms with E-state index in [2.05, 4.69) is 31.4 Å². The number of aromatic amines is 1. The Bertz CT molecular complexity index is 609. The Balaban J connectivity index is 1.78. The van der Waals surface area contributed by atoms with Crippen molar-refractivity contribution in [3.8, 4) is 5.75 Å². The number of amides is 1. The van der Waals surface area contributed by atoms with Gasteiger partial charge in [0.05, 0.1) is 11.9 Å². The minimum Gasteiger partial charge on any atom is -0.484 e. The number of carbonyl (C=O) groups is 1. The molecule has 0 radical (unpaired) electrons. The molecule has 1 amide bonds. The Hall–Kier alpha value is -2.08. The monoisotopic (exact) mass is 335 g/mol. The molecule has 2 N–H and O–H groups in total. The summed E-state index contributed by atoms with van der Waals surface area (Å²) < 4.78 is 6.38. The Morgan fingerprint density at radius 2 is 2.35 bits per heavy atom. The maximum Gasteiger partial charge on any atom is 0.277 e. The molecule has 0 saturated heterocycles. The molecule has 0 aliphatic carbocycles. The van der Waals surface area contributed by atoms with Gasteiger partial charge in [-0.25, -0.2) is 5.43 Å². The maximum atomic E-state index is 11.5. The number of H-pyrrole nitrogens is 1. The number of hydrogen-bond acceptors (Lipinski definition) is 3. The molecule has 2 aromatic rings. The lowest BCUT2D eigenvalue weighted by Crippen LogP contribution is -2.24. The smallest absolute Gasteiger partial charge is 0.277 e. The Morgan fingerprint density at radius 1 is 1.50 bits per heavy atom. The van der Waals surface area contributed by atoms with Crippen molar-refractivity contribution in [1.29, 1.82) is 0 Å². The lowest BCUT2D eigenvalue weighted by Gasteiger charge is -2.06. The highest BCUT2D eigenvalue weighted by Gasteiger charge is 2.02. The molecular weight excluding hydrogens is 322 g/mol. The molecule has 0 unspecified atom stereocenters. The molecule has 6 heteroatoms. The third kappa shape index (κ3) is 4.24. The molecule has 5 nitrogen and oxygen atoms in total. The van der Waals surface area contributed by atoms with Gasteiger partial charge in [-0.15, -0.1) is 0 Å². The Morgan fingerprint density at radius 3 is 3.05 bits per heavy atom. The van der Waals surface area contributed by atoms with Crippen LogP contribution < -0.4 is 10.2 Å². The van der Waals surface area contributed by atoms with E-state index in [0.29, 0.717) is 5.75 Å². The fourth-order valence-electron chi connectivity index (χ4n) is 1.49. The maximum absolute atomic E-state index is 11.5. The van der Waals surface area contributed by atoms with E-state index in [0.717, 1.165) is 15.7 Å². The number of halogens is 1. The van der Waals surface area contributed by atoms with Crippen LogP contribution in [-0.4, -0.2) is 23.7 Å². The summed E-state index contributed by atoms with van der Waals surface area (Å²) in [5.41, 5.74) is 4.26. The van der Waals surface area contributed by atoms with E-state index in [1.54, 1.807) is 12.3 Å². The zero-order valence-electron chi connectivity index (χ0n) is 10.9. The average Bonchev–Trinajstić information content (AvgIpc) is 2.93. The summed E-state index contributed by atoms with van der Waals surface area (Å²) in [7, 11) is 0. The van der Waals surface area contributed by atoms with E-state index in [4.69, 9.17) is 4.74 Å². The molecule has 0 atom stereocenters. The van der Waals surface area contributed by atoms with Gasteiger partial charge in [0, 0.05) is 10.7 Å². The van der Waals surface area contributed by atoms with Gasteiger partial charge in [-0.2, -0.15) is 5.10 Å². The Kier molecular flexibility index (Phi) is 4.95. The van der Waals surface area contributed by atoms with Crippen LogP contribution in [0.1, 0.15) is 11.3 Å². The highest BCUT2D eigenvalue weighted by atomic mass is 79.9. The van der Waals surface area contributed by atoms with E-state index in [-0.39, 0.29) is 12.5 Å². The van der Waals surface area contributed by atoms with Gasteiger partial charge in [-0.05, 0) is 42.8 Å². The molecule has 0 fully saturated rings. The van der Waals surface area contributed by atoms with E-state index in [1.807, 2.05) is 31.2 Å². The highest BCUT2D eigenvalue weighted by Crippen LogP contribution is 2.21. The first-order valence-corrected chi connectivity index (χ1v) is 6.78. The molecule has 1 aromatic carbocycles. The fourth-order valence-corrected chi connectivity index (χ4v) is 1.73. The molecule has 2 rings (SSSR count). The van der Waals surface area contributed by atoms with Crippen molar-refractivity contribution in [2.45, 2.75) is 6.92 Å². The molecule has 0 bridgehead atoms. The van der Waals surface area contributed by atoms with Crippen LogP contribution in [0.4, 0.5) is 0 Å². The van der Waals surface area contributed by atoms with E-state index in [1.165, 1.54) is 6.21 Å². The van der Waals surface area contributed by atoms with Crippen LogP contribution in [0.5, 0.6) is 5.75 Å². The second-order valence-electron chi connectivity index (χ2n) is 4.12. The van der Waals surface area contributed by atoms with Crippen LogP contribution in [0, 0.1) is 6.92 Å². The zero-order chi connectivity index (χ0) is 14.4. The summed E-state index contributed by atoms with van der Waals surface area (Å²) in [4.78, 5) is 14.5. The van der Waals surface area contributed by atoms with Crippen molar-refractivity contribution in [1.82, 2.24) is 10.4 Å². The van der Waals surface area contributed by atoms with Gasteiger partial charge in [-0.1, -0.05) is 15.9 Å². The molecule has 1 heterocycles. The first-order chi connectivity index (χ1) is 9.65. The van der Waals surface area contributed by atoms with E-state index in [9.17, 15) is 4.79 Å². The number of carbonyl (C=O) groups excluding carboxylic acids is 1. The minimum absolute atomic E-state index is 0.0802. The van der Waals surface area contributed by atoms with Crippen LogP contribution in [0.25, 0.3) is 0 Å². The summed E-state index contributed by atoms with van der Waals surface area (Å²) in [6.07, 6.45) is 3.31. The molecule has 0 spiro atoms. The first-order valence-electron chi connectivity index (χ1n) is 5.99. The van der Waals surface area contributed by atoms with Gasteiger partial charge in [0.1, 0.15) is 5.75 Å². The second-order valence-corrected chi connectivity index (χ2v) is 4.97. The van der Waals surface area contributed by atoms with Gasteiger partial charge in [0.2, 0.25) is 0 Å². The molecule has 0 aliphatic heterocycles. The molecule has 20 heavy (non-hydrogen) atoms. The molecule has 1 aromatic heterocycles. The lowest BCUT2D eigenvalue weighted by atomic mass is 10.2. The number of benzene rings is 1. The third-order valence-corrected chi connectivity index (χ3v) is 3.40. The zero-order valence-corrected chi connectivity index (χ0v) is 12.5. The number of rotatable bonds is 5. The van der Waals surface area contributed by atoms with Gasteiger partial charge >= 0.3 is 0 Å². The van der Waals surface area contributed by atoms with E-state index >= 15 is 0 Å². The van der Waals surface area contributed by atoms with Crippen molar-refractivity contribution in [3.05, 3.63) is 52.3 Å². The number of ether oxygens (including phenoxy) is 1. The summed E-state index contributed by atoms with van der Waals surface area (Å²) in [5.74, 6) is 0.336. The van der Waals surface area contributed by atoms with Gasteiger partial charge in [-0.3, -0.25) is 4.79 Å². The van der Waals surface area contributed by atoms with Crippen molar-refractivity contribution < 1.29 is 9.53 Å². The van der Waals surface area contributed by atoms with Crippen molar-refractivity contribution in [3.63, 3.8) is 0 Å². The SMILES string of the molecule is Cc1cc(OCC(=O)NN=Cc2ccc[nH]2)ccc1Br. The van der Waals surface area contributed by atoms with Gasteiger partial charge in [0.25, 0.3) is 5.91 Å². The van der Waals surface area contributed by atoms with Crippen LogP contribution in [0.2, 0.25) is 0 Å². The largest absolute Gasteiger partial charge is 0.484 e. The van der Waals surface area contributed by atoms with Crippen LogP contribution in [-0.2, 0) is 4.79 Å². The Labute approximate surface area is 125 Å². The first kappa shape index (κ1) is 14.3. The quantitative estimate of drug-likeness (QED) is 0.651. The molecule has 0 aliphatic rings. The number of aryl methyl sites for hydroxylation is 1. The molecular formula is C14H14BrN3O2. The predicted molar refractivity (Wildman–Crippen MR) is 80.9 cm³/mol.